The van der Waals surface area contributed by atoms with Crippen LogP contribution >= 0.6 is 0 Å². The van der Waals surface area contributed by atoms with Crippen molar-refractivity contribution in [2.75, 3.05) is 26.2 Å². The summed E-state index contributed by atoms with van der Waals surface area (Å²) in [5.74, 6) is 2.05. The molecule has 0 unspecified atom stereocenters. The Bertz CT molecular complexity index is 453. The Balaban J connectivity index is 1.80. The lowest BCUT2D eigenvalue weighted by Gasteiger charge is -2.34. The number of piperidine rings is 1. The van der Waals surface area contributed by atoms with E-state index in [1.165, 1.54) is 19.3 Å². The van der Waals surface area contributed by atoms with E-state index in [0.717, 1.165) is 50.7 Å². The van der Waals surface area contributed by atoms with Gasteiger partial charge < -0.3 is 15.0 Å². The predicted molar refractivity (Wildman–Crippen MR) is 97.2 cm³/mol. The molecule has 0 spiro atoms. The maximum Gasteiger partial charge on any atom is 0.193 e. The SMILES string of the molecule is CCCCCN=C(NCC)N1CCC(Oc2ccccc2)CC1. The van der Waals surface area contributed by atoms with Crippen LogP contribution in [0.5, 0.6) is 5.75 Å². The van der Waals surface area contributed by atoms with Gasteiger partial charge in [0.1, 0.15) is 11.9 Å². The Morgan fingerprint density at radius 1 is 1.17 bits per heavy atom. The molecule has 128 valence electrons. The second-order valence-electron chi connectivity index (χ2n) is 6.06. The summed E-state index contributed by atoms with van der Waals surface area (Å²) in [5.41, 5.74) is 0. The molecular formula is C19H31N3O. The minimum Gasteiger partial charge on any atom is -0.490 e. The van der Waals surface area contributed by atoms with Gasteiger partial charge in [-0.05, 0) is 25.5 Å². The standard InChI is InChI=1S/C19H31N3O/c1-3-5-9-14-21-19(20-4-2)22-15-12-18(13-16-22)23-17-10-7-6-8-11-17/h6-8,10-11,18H,3-5,9,12-16H2,1-2H3,(H,20,21). The van der Waals surface area contributed by atoms with E-state index < -0.39 is 0 Å². The Labute approximate surface area is 140 Å². The van der Waals surface area contributed by atoms with Gasteiger partial charge in [0, 0.05) is 39.0 Å². The van der Waals surface area contributed by atoms with E-state index in [1.807, 2.05) is 30.3 Å². The molecule has 1 aromatic rings. The lowest BCUT2D eigenvalue weighted by molar-refractivity contribution is 0.129. The summed E-state index contributed by atoms with van der Waals surface area (Å²) < 4.78 is 6.07. The van der Waals surface area contributed by atoms with Crippen molar-refractivity contribution in [3.05, 3.63) is 30.3 Å². The highest BCUT2D eigenvalue weighted by molar-refractivity contribution is 5.80. The molecule has 1 fully saturated rings. The van der Waals surface area contributed by atoms with Crippen molar-refractivity contribution in [3.63, 3.8) is 0 Å². The van der Waals surface area contributed by atoms with Crippen LogP contribution in [-0.2, 0) is 0 Å². The lowest BCUT2D eigenvalue weighted by atomic mass is 10.1. The fraction of sp³-hybridized carbons (Fsp3) is 0.632. The Hall–Kier alpha value is -1.71. The zero-order valence-corrected chi connectivity index (χ0v) is 14.6. The van der Waals surface area contributed by atoms with Gasteiger partial charge in [0.15, 0.2) is 5.96 Å². The monoisotopic (exact) mass is 317 g/mol. The van der Waals surface area contributed by atoms with Crippen molar-refractivity contribution in [3.8, 4) is 5.75 Å². The summed E-state index contributed by atoms with van der Waals surface area (Å²) in [4.78, 5) is 7.15. The first-order valence-corrected chi connectivity index (χ1v) is 9.08. The maximum atomic E-state index is 6.07. The third-order valence-corrected chi connectivity index (χ3v) is 4.15. The number of unbranched alkanes of at least 4 members (excludes halogenated alkanes) is 2. The molecule has 0 saturated carbocycles. The average Bonchev–Trinajstić information content (AvgIpc) is 2.59. The van der Waals surface area contributed by atoms with Crippen LogP contribution in [0.2, 0.25) is 0 Å². The minimum absolute atomic E-state index is 0.316. The molecule has 4 nitrogen and oxygen atoms in total. The number of rotatable bonds is 7. The highest BCUT2D eigenvalue weighted by atomic mass is 16.5. The average molecular weight is 317 g/mol. The third-order valence-electron chi connectivity index (χ3n) is 4.15. The van der Waals surface area contributed by atoms with Crippen molar-refractivity contribution in [1.29, 1.82) is 0 Å². The second-order valence-corrected chi connectivity index (χ2v) is 6.06. The largest absolute Gasteiger partial charge is 0.490 e. The van der Waals surface area contributed by atoms with Gasteiger partial charge >= 0.3 is 0 Å². The molecule has 23 heavy (non-hydrogen) atoms. The van der Waals surface area contributed by atoms with Crippen LogP contribution in [0.4, 0.5) is 0 Å². The number of nitrogens with one attached hydrogen (secondary N) is 1. The first-order chi connectivity index (χ1) is 11.3. The van der Waals surface area contributed by atoms with Gasteiger partial charge in [0.05, 0.1) is 0 Å². The van der Waals surface area contributed by atoms with Crippen LogP contribution in [0.3, 0.4) is 0 Å². The number of guanidine groups is 1. The van der Waals surface area contributed by atoms with Crippen molar-refractivity contribution in [1.82, 2.24) is 10.2 Å². The molecule has 1 saturated heterocycles. The fourth-order valence-corrected chi connectivity index (χ4v) is 2.85. The van der Waals surface area contributed by atoms with Gasteiger partial charge in [-0.1, -0.05) is 38.0 Å². The molecule has 2 rings (SSSR count). The van der Waals surface area contributed by atoms with Crippen LogP contribution in [0.1, 0.15) is 46.0 Å². The zero-order chi connectivity index (χ0) is 16.3. The van der Waals surface area contributed by atoms with E-state index in [9.17, 15) is 0 Å². The summed E-state index contributed by atoms with van der Waals surface area (Å²) in [5, 5.41) is 3.43. The number of aliphatic imine (C=N–C) groups is 1. The predicted octanol–water partition coefficient (Wildman–Crippen LogP) is 3.69. The fourth-order valence-electron chi connectivity index (χ4n) is 2.85. The molecule has 0 radical (unpaired) electrons. The van der Waals surface area contributed by atoms with Gasteiger partial charge in [-0.2, -0.15) is 0 Å². The van der Waals surface area contributed by atoms with Crippen LogP contribution < -0.4 is 10.1 Å². The van der Waals surface area contributed by atoms with E-state index in [1.54, 1.807) is 0 Å². The molecule has 0 atom stereocenters. The molecule has 1 aliphatic rings. The Kier molecular flexibility index (Phi) is 7.78. The smallest absolute Gasteiger partial charge is 0.193 e. The number of hydrogen-bond donors (Lipinski definition) is 1. The molecule has 0 aliphatic carbocycles. The molecule has 1 N–H and O–H groups in total. The van der Waals surface area contributed by atoms with Crippen molar-refractivity contribution in [2.24, 2.45) is 4.99 Å². The van der Waals surface area contributed by atoms with Crippen LogP contribution in [0, 0.1) is 0 Å². The number of likely N-dealkylation sites (tertiary alicyclic amines) is 1. The van der Waals surface area contributed by atoms with Crippen molar-refractivity contribution < 1.29 is 4.74 Å². The van der Waals surface area contributed by atoms with E-state index in [-0.39, 0.29) is 0 Å². The number of hydrogen-bond acceptors (Lipinski definition) is 2. The third kappa shape index (κ3) is 6.12. The molecule has 0 bridgehead atoms. The second kappa shape index (κ2) is 10.1. The summed E-state index contributed by atoms with van der Waals surface area (Å²) in [7, 11) is 0. The highest BCUT2D eigenvalue weighted by Crippen LogP contribution is 2.18. The molecule has 1 heterocycles. The van der Waals surface area contributed by atoms with Gasteiger partial charge in [-0.15, -0.1) is 0 Å². The molecule has 4 heteroatoms. The quantitative estimate of drug-likeness (QED) is 0.473. The summed E-state index contributed by atoms with van der Waals surface area (Å²) in [6.07, 6.45) is 6.10. The highest BCUT2D eigenvalue weighted by Gasteiger charge is 2.22. The van der Waals surface area contributed by atoms with Crippen LogP contribution in [-0.4, -0.2) is 43.1 Å². The first-order valence-electron chi connectivity index (χ1n) is 9.08. The summed E-state index contributed by atoms with van der Waals surface area (Å²) in [6, 6.07) is 10.1. The summed E-state index contributed by atoms with van der Waals surface area (Å²) >= 11 is 0. The van der Waals surface area contributed by atoms with Gasteiger partial charge in [0.25, 0.3) is 0 Å². The molecule has 1 aromatic carbocycles. The molecule has 0 amide bonds. The number of nitrogens with zero attached hydrogens (tertiary/aromatic N) is 2. The van der Waals surface area contributed by atoms with E-state index >= 15 is 0 Å². The minimum atomic E-state index is 0.316. The van der Waals surface area contributed by atoms with Crippen molar-refractivity contribution in [2.45, 2.75) is 52.1 Å². The van der Waals surface area contributed by atoms with E-state index in [2.05, 4.69) is 24.1 Å². The van der Waals surface area contributed by atoms with Crippen LogP contribution in [0.15, 0.2) is 35.3 Å². The number of benzene rings is 1. The van der Waals surface area contributed by atoms with Gasteiger partial charge in [-0.25, -0.2) is 0 Å². The Morgan fingerprint density at radius 3 is 2.57 bits per heavy atom. The van der Waals surface area contributed by atoms with E-state index in [0.29, 0.717) is 6.10 Å². The van der Waals surface area contributed by atoms with Crippen molar-refractivity contribution >= 4 is 5.96 Å². The van der Waals surface area contributed by atoms with Crippen LogP contribution in [0.25, 0.3) is 0 Å². The van der Waals surface area contributed by atoms with Gasteiger partial charge in [0.2, 0.25) is 0 Å². The first kappa shape index (κ1) is 17.6. The normalized spacial score (nSPS) is 16.4. The van der Waals surface area contributed by atoms with Gasteiger partial charge in [-0.3, -0.25) is 4.99 Å². The molecule has 0 aromatic heterocycles. The lowest BCUT2D eigenvalue weighted by Crippen LogP contribution is -2.47. The topological polar surface area (TPSA) is 36.9 Å². The van der Waals surface area contributed by atoms with E-state index in [4.69, 9.17) is 9.73 Å². The molecular weight excluding hydrogens is 286 g/mol. The number of para-hydroxylation sites is 1. The Morgan fingerprint density at radius 2 is 1.91 bits per heavy atom. The number of ether oxygens (including phenoxy) is 1. The zero-order valence-electron chi connectivity index (χ0n) is 14.6. The summed E-state index contributed by atoms with van der Waals surface area (Å²) in [6.45, 7) is 8.23. The maximum absolute atomic E-state index is 6.07. The molecule has 1 aliphatic heterocycles.